The van der Waals surface area contributed by atoms with E-state index in [1.165, 1.54) is 0 Å². The number of ether oxygens (including phenoxy) is 2. The predicted molar refractivity (Wildman–Crippen MR) is 70.5 cm³/mol. The van der Waals surface area contributed by atoms with Crippen LogP contribution >= 0.6 is 0 Å². The van der Waals surface area contributed by atoms with Gasteiger partial charge in [0.15, 0.2) is 0 Å². The van der Waals surface area contributed by atoms with Gasteiger partial charge in [0.1, 0.15) is 5.60 Å². The highest BCUT2D eigenvalue weighted by molar-refractivity contribution is 5.91. The van der Waals surface area contributed by atoms with Crippen LogP contribution < -0.4 is 5.73 Å². The van der Waals surface area contributed by atoms with E-state index in [-0.39, 0.29) is 6.54 Å². The van der Waals surface area contributed by atoms with Gasteiger partial charge in [0.2, 0.25) is 6.10 Å². The van der Waals surface area contributed by atoms with Gasteiger partial charge in [0, 0.05) is 6.54 Å². The number of carbonyl (C=O) groups is 2. The summed E-state index contributed by atoms with van der Waals surface area (Å²) in [4.78, 5) is 23.6. The van der Waals surface area contributed by atoms with Crippen molar-refractivity contribution in [3.05, 3.63) is 35.9 Å². The van der Waals surface area contributed by atoms with Gasteiger partial charge in [-0.3, -0.25) is 0 Å². The number of nitrogens with two attached hydrogens (primary N) is 1. The molecule has 1 atom stereocenters. The fourth-order valence-electron chi connectivity index (χ4n) is 1.33. The maximum Gasteiger partial charge on any atom is 0.349 e. The summed E-state index contributed by atoms with van der Waals surface area (Å²) in [6, 6.07) is 8.41. The summed E-state index contributed by atoms with van der Waals surface area (Å²) < 4.78 is 10.2. The lowest BCUT2D eigenvalue weighted by Gasteiger charge is -2.23. The van der Waals surface area contributed by atoms with Crippen LogP contribution in [0.2, 0.25) is 0 Å². The smallest absolute Gasteiger partial charge is 0.349 e. The molecule has 0 amide bonds. The summed E-state index contributed by atoms with van der Waals surface area (Å²) in [5.74, 6) is -1.24. The zero-order chi connectivity index (χ0) is 14.5. The average Bonchev–Trinajstić information content (AvgIpc) is 2.34. The molecule has 0 aliphatic heterocycles. The van der Waals surface area contributed by atoms with Crippen molar-refractivity contribution in [2.45, 2.75) is 32.5 Å². The summed E-state index contributed by atoms with van der Waals surface area (Å²) >= 11 is 0. The first-order valence-corrected chi connectivity index (χ1v) is 6.02. The first-order chi connectivity index (χ1) is 8.83. The number of hydrogen-bond acceptors (Lipinski definition) is 5. The summed E-state index contributed by atoms with van der Waals surface area (Å²) in [5.41, 5.74) is 5.16. The van der Waals surface area contributed by atoms with Gasteiger partial charge in [-0.25, -0.2) is 9.59 Å². The Hall–Kier alpha value is -1.88. The summed E-state index contributed by atoms with van der Waals surface area (Å²) in [7, 11) is 0. The standard InChI is InChI=1S/C14H19NO4/c1-14(2,3)19-13(17)11(9-15)18-12(16)10-7-5-4-6-8-10/h4-8,11H,9,15H2,1-3H3. The van der Waals surface area contributed by atoms with Crippen molar-refractivity contribution in [3.63, 3.8) is 0 Å². The zero-order valence-electron chi connectivity index (χ0n) is 11.4. The molecule has 0 fully saturated rings. The third-order valence-corrected chi connectivity index (χ3v) is 2.14. The molecular formula is C14H19NO4. The molecule has 0 radical (unpaired) electrons. The van der Waals surface area contributed by atoms with E-state index in [1.807, 2.05) is 0 Å². The highest BCUT2D eigenvalue weighted by Gasteiger charge is 2.27. The van der Waals surface area contributed by atoms with E-state index >= 15 is 0 Å². The number of benzene rings is 1. The minimum absolute atomic E-state index is 0.118. The second kappa shape index (κ2) is 6.33. The lowest BCUT2D eigenvalue weighted by atomic mass is 10.2. The molecule has 0 aromatic heterocycles. The first kappa shape index (κ1) is 15.2. The molecule has 0 saturated carbocycles. The van der Waals surface area contributed by atoms with Crippen LogP contribution in [0.4, 0.5) is 0 Å². The van der Waals surface area contributed by atoms with Crippen LogP contribution in [0.15, 0.2) is 30.3 Å². The number of rotatable bonds is 4. The molecule has 0 heterocycles. The van der Waals surface area contributed by atoms with Gasteiger partial charge in [-0.2, -0.15) is 0 Å². The quantitative estimate of drug-likeness (QED) is 0.835. The Kier molecular flexibility index (Phi) is 5.06. The Morgan fingerprint density at radius 1 is 1.21 bits per heavy atom. The highest BCUT2D eigenvalue weighted by atomic mass is 16.6. The molecule has 0 aliphatic carbocycles. The lowest BCUT2D eigenvalue weighted by molar-refractivity contribution is -0.164. The molecule has 5 nitrogen and oxygen atoms in total. The Balaban J connectivity index is 2.67. The Morgan fingerprint density at radius 3 is 2.26 bits per heavy atom. The SMILES string of the molecule is CC(C)(C)OC(=O)C(CN)OC(=O)c1ccccc1. The van der Waals surface area contributed by atoms with Gasteiger partial charge in [-0.15, -0.1) is 0 Å². The van der Waals surface area contributed by atoms with Crippen LogP contribution in [0.5, 0.6) is 0 Å². The lowest BCUT2D eigenvalue weighted by Crippen LogP contribution is -2.39. The van der Waals surface area contributed by atoms with Crippen molar-refractivity contribution < 1.29 is 19.1 Å². The topological polar surface area (TPSA) is 78.6 Å². The monoisotopic (exact) mass is 265 g/mol. The average molecular weight is 265 g/mol. The Labute approximate surface area is 112 Å². The molecule has 104 valence electrons. The minimum atomic E-state index is -1.09. The molecule has 0 aliphatic rings. The predicted octanol–water partition coefficient (Wildman–Crippen LogP) is 1.51. The molecule has 1 unspecified atom stereocenters. The zero-order valence-corrected chi connectivity index (χ0v) is 11.4. The van der Waals surface area contributed by atoms with E-state index in [9.17, 15) is 9.59 Å². The number of esters is 2. The van der Waals surface area contributed by atoms with Gasteiger partial charge in [0.05, 0.1) is 5.56 Å². The van der Waals surface area contributed by atoms with Crippen molar-refractivity contribution in [1.82, 2.24) is 0 Å². The fourth-order valence-corrected chi connectivity index (χ4v) is 1.33. The van der Waals surface area contributed by atoms with E-state index in [2.05, 4.69) is 0 Å². The van der Waals surface area contributed by atoms with Crippen LogP contribution in [0.3, 0.4) is 0 Å². The molecule has 0 saturated heterocycles. The molecule has 1 aromatic carbocycles. The number of hydrogen-bond donors (Lipinski definition) is 1. The molecule has 19 heavy (non-hydrogen) atoms. The van der Waals surface area contributed by atoms with Gasteiger partial charge >= 0.3 is 11.9 Å². The van der Waals surface area contributed by atoms with E-state index in [1.54, 1.807) is 51.1 Å². The van der Waals surface area contributed by atoms with Gasteiger partial charge in [-0.1, -0.05) is 18.2 Å². The van der Waals surface area contributed by atoms with E-state index in [0.29, 0.717) is 5.56 Å². The van der Waals surface area contributed by atoms with Gasteiger partial charge in [-0.05, 0) is 32.9 Å². The normalized spacial score (nSPS) is 12.6. The molecule has 0 bridgehead atoms. The fraction of sp³-hybridized carbons (Fsp3) is 0.429. The van der Waals surface area contributed by atoms with Crippen LogP contribution in [0.25, 0.3) is 0 Å². The van der Waals surface area contributed by atoms with Crippen molar-refractivity contribution in [2.75, 3.05) is 6.54 Å². The molecule has 1 aromatic rings. The van der Waals surface area contributed by atoms with Crippen LogP contribution in [0, 0.1) is 0 Å². The molecule has 1 rings (SSSR count). The number of carbonyl (C=O) groups excluding carboxylic acids is 2. The van der Waals surface area contributed by atoms with Crippen LogP contribution in [0.1, 0.15) is 31.1 Å². The Bertz CT molecular complexity index is 437. The van der Waals surface area contributed by atoms with Crippen LogP contribution in [-0.4, -0.2) is 30.2 Å². The van der Waals surface area contributed by atoms with E-state index in [4.69, 9.17) is 15.2 Å². The molecule has 5 heteroatoms. The first-order valence-electron chi connectivity index (χ1n) is 6.02. The molecular weight excluding hydrogens is 246 g/mol. The second-order valence-electron chi connectivity index (χ2n) is 5.03. The van der Waals surface area contributed by atoms with Gasteiger partial charge < -0.3 is 15.2 Å². The highest BCUT2D eigenvalue weighted by Crippen LogP contribution is 2.11. The summed E-state index contributed by atoms with van der Waals surface area (Å²) in [5, 5.41) is 0. The molecule has 0 spiro atoms. The third kappa shape index (κ3) is 5.09. The maximum atomic E-state index is 11.8. The third-order valence-electron chi connectivity index (χ3n) is 2.14. The largest absolute Gasteiger partial charge is 0.457 e. The second-order valence-corrected chi connectivity index (χ2v) is 5.03. The van der Waals surface area contributed by atoms with Crippen LogP contribution in [-0.2, 0) is 14.3 Å². The van der Waals surface area contributed by atoms with E-state index < -0.39 is 23.6 Å². The maximum absolute atomic E-state index is 11.8. The summed E-state index contributed by atoms with van der Waals surface area (Å²) in [6.07, 6.45) is -1.09. The van der Waals surface area contributed by atoms with Crippen molar-refractivity contribution in [1.29, 1.82) is 0 Å². The molecule has 2 N–H and O–H groups in total. The van der Waals surface area contributed by atoms with Crippen molar-refractivity contribution >= 4 is 11.9 Å². The van der Waals surface area contributed by atoms with Gasteiger partial charge in [0.25, 0.3) is 0 Å². The van der Waals surface area contributed by atoms with Crippen molar-refractivity contribution in [2.24, 2.45) is 5.73 Å². The van der Waals surface area contributed by atoms with Crippen molar-refractivity contribution in [3.8, 4) is 0 Å². The Morgan fingerprint density at radius 2 is 1.79 bits per heavy atom. The van der Waals surface area contributed by atoms with E-state index in [0.717, 1.165) is 0 Å². The summed E-state index contributed by atoms with van der Waals surface area (Å²) in [6.45, 7) is 5.08. The minimum Gasteiger partial charge on any atom is -0.457 e.